The monoisotopic (exact) mass is 628 g/mol. The Bertz CT molecular complexity index is 1550. The number of aromatic nitrogens is 2. The van der Waals surface area contributed by atoms with E-state index < -0.39 is 12.2 Å². The lowest BCUT2D eigenvalue weighted by atomic mass is 10.0. The van der Waals surface area contributed by atoms with Crippen LogP contribution in [0.3, 0.4) is 0 Å². The van der Waals surface area contributed by atoms with Gasteiger partial charge in [0.2, 0.25) is 0 Å². The molecule has 3 fully saturated rings. The van der Waals surface area contributed by atoms with Gasteiger partial charge in [0.25, 0.3) is 5.91 Å². The molecule has 0 radical (unpaired) electrons. The van der Waals surface area contributed by atoms with E-state index in [1.165, 1.54) is 0 Å². The molecule has 4 amide bonds. The van der Waals surface area contributed by atoms with Gasteiger partial charge in [-0.25, -0.2) is 9.59 Å². The Morgan fingerprint density at radius 1 is 0.913 bits per heavy atom. The molecule has 4 aliphatic heterocycles. The summed E-state index contributed by atoms with van der Waals surface area (Å²) >= 11 is 0. The second-order valence-corrected chi connectivity index (χ2v) is 13.2. The van der Waals surface area contributed by atoms with Crippen LogP contribution in [0.15, 0.2) is 48.7 Å². The zero-order valence-corrected chi connectivity index (χ0v) is 26.6. The number of H-pyrrole nitrogens is 1. The van der Waals surface area contributed by atoms with E-state index >= 15 is 0 Å². The fraction of sp³-hybridized carbons (Fsp3) is 0.529. The van der Waals surface area contributed by atoms with E-state index in [0.29, 0.717) is 58.0 Å². The van der Waals surface area contributed by atoms with Gasteiger partial charge in [0.15, 0.2) is 6.10 Å². The minimum atomic E-state index is -0.922. The number of carbonyl (C=O) groups is 3. The Morgan fingerprint density at radius 2 is 1.65 bits per heavy atom. The highest BCUT2D eigenvalue weighted by Crippen LogP contribution is 2.28. The number of benzene rings is 2. The SMILES string of the molecule is CN1CCC(N2CCN(C(=O)[C@@H](Cc3ccc4[nH]ncc4c3)OC(=O)N3CCC(N4Cc5ccccc5NC4=O)CC3)CC2)CC1. The Labute approximate surface area is 269 Å². The van der Waals surface area contributed by atoms with Crippen LogP contribution >= 0.6 is 0 Å². The largest absolute Gasteiger partial charge is 0.436 e. The number of para-hydroxylation sites is 1. The molecule has 0 unspecified atom stereocenters. The number of aromatic amines is 1. The van der Waals surface area contributed by atoms with Crippen molar-refractivity contribution in [2.45, 2.75) is 56.8 Å². The molecule has 0 bridgehead atoms. The summed E-state index contributed by atoms with van der Waals surface area (Å²) < 4.78 is 6.07. The van der Waals surface area contributed by atoms with Crippen LogP contribution in [0.2, 0.25) is 0 Å². The summed E-state index contributed by atoms with van der Waals surface area (Å²) in [6.45, 7) is 6.64. The molecule has 46 heavy (non-hydrogen) atoms. The van der Waals surface area contributed by atoms with Crippen molar-refractivity contribution in [2.24, 2.45) is 0 Å². The zero-order chi connectivity index (χ0) is 31.6. The molecule has 0 aliphatic carbocycles. The number of fused-ring (bicyclic) bond motifs is 2. The highest BCUT2D eigenvalue weighted by molar-refractivity contribution is 5.92. The first-order chi connectivity index (χ1) is 22.4. The van der Waals surface area contributed by atoms with Gasteiger partial charge in [-0.05, 0) is 75.1 Å². The molecule has 2 aromatic carbocycles. The van der Waals surface area contributed by atoms with Gasteiger partial charge in [0.1, 0.15) is 0 Å². The molecule has 3 aromatic rings. The lowest BCUT2D eigenvalue weighted by Gasteiger charge is -2.43. The Hall–Kier alpha value is -4.16. The number of rotatable bonds is 6. The third-order valence-corrected chi connectivity index (χ3v) is 10.3. The highest BCUT2D eigenvalue weighted by Gasteiger charge is 2.36. The number of urea groups is 1. The number of hydrogen-bond acceptors (Lipinski definition) is 7. The third-order valence-electron chi connectivity index (χ3n) is 10.3. The maximum Gasteiger partial charge on any atom is 0.410 e. The standard InChI is InChI=1S/C34H44N8O4/c1-38-12-8-27(9-13-38)39-16-18-40(19-17-39)32(43)31(21-24-6-7-30-26(20-24)22-35-37-30)46-34(45)41-14-10-28(11-15-41)42-23-25-4-2-3-5-29(25)36-33(42)44/h2-7,20,22,27-28,31H,8-19,21,23H2,1H3,(H,35,37)(H,36,44)/t31-/m1/s1. The van der Waals surface area contributed by atoms with Gasteiger partial charge in [0.05, 0.1) is 11.7 Å². The summed E-state index contributed by atoms with van der Waals surface area (Å²) in [6.07, 6.45) is 4.29. The second-order valence-electron chi connectivity index (χ2n) is 13.2. The van der Waals surface area contributed by atoms with Crippen molar-refractivity contribution in [3.05, 3.63) is 59.8 Å². The lowest BCUT2D eigenvalue weighted by molar-refractivity contribution is -0.143. The quantitative estimate of drug-likeness (QED) is 0.430. The van der Waals surface area contributed by atoms with Crippen molar-refractivity contribution in [1.29, 1.82) is 0 Å². The first-order valence-electron chi connectivity index (χ1n) is 16.7. The molecule has 3 saturated heterocycles. The number of amides is 4. The van der Waals surface area contributed by atoms with E-state index in [1.807, 2.05) is 52.3 Å². The minimum Gasteiger partial charge on any atom is -0.436 e. The molecule has 1 atom stereocenters. The molecule has 12 heteroatoms. The number of anilines is 1. The highest BCUT2D eigenvalue weighted by atomic mass is 16.6. The molecule has 2 N–H and O–H groups in total. The molecule has 1 aromatic heterocycles. The fourth-order valence-electron chi connectivity index (χ4n) is 7.46. The van der Waals surface area contributed by atoms with E-state index in [-0.39, 0.29) is 18.0 Å². The van der Waals surface area contributed by atoms with Gasteiger partial charge >= 0.3 is 12.1 Å². The molecular formula is C34H44N8O4. The van der Waals surface area contributed by atoms with E-state index in [9.17, 15) is 14.4 Å². The summed E-state index contributed by atoms with van der Waals surface area (Å²) in [5, 5.41) is 11.0. The Balaban J connectivity index is 0.989. The van der Waals surface area contributed by atoms with Crippen LogP contribution in [0.25, 0.3) is 10.9 Å². The van der Waals surface area contributed by atoms with Crippen molar-refractivity contribution in [3.63, 3.8) is 0 Å². The van der Waals surface area contributed by atoms with Crippen LogP contribution in [0.5, 0.6) is 0 Å². The second kappa shape index (κ2) is 13.3. The average molecular weight is 629 g/mol. The third kappa shape index (κ3) is 6.54. The van der Waals surface area contributed by atoms with E-state index in [2.05, 4.69) is 32.4 Å². The number of carbonyl (C=O) groups excluding carboxylic acids is 3. The van der Waals surface area contributed by atoms with E-state index in [4.69, 9.17) is 4.74 Å². The van der Waals surface area contributed by atoms with E-state index in [1.54, 1.807) is 11.1 Å². The van der Waals surface area contributed by atoms with Gasteiger partial charge in [-0.1, -0.05) is 24.3 Å². The van der Waals surface area contributed by atoms with Crippen molar-refractivity contribution in [3.8, 4) is 0 Å². The predicted molar refractivity (Wildman–Crippen MR) is 174 cm³/mol. The van der Waals surface area contributed by atoms with Crippen LogP contribution in [0, 0.1) is 0 Å². The van der Waals surface area contributed by atoms with Crippen LogP contribution in [0.4, 0.5) is 15.3 Å². The molecule has 4 aliphatic rings. The minimum absolute atomic E-state index is 0.0254. The summed E-state index contributed by atoms with van der Waals surface area (Å²) in [5.74, 6) is -0.137. The number of nitrogens with zero attached hydrogens (tertiary/aromatic N) is 6. The molecule has 0 saturated carbocycles. The van der Waals surface area contributed by atoms with Crippen LogP contribution in [0.1, 0.15) is 36.8 Å². The molecule has 5 heterocycles. The maximum absolute atomic E-state index is 14.0. The molecule has 12 nitrogen and oxygen atoms in total. The fourth-order valence-corrected chi connectivity index (χ4v) is 7.46. The topological polar surface area (TPSA) is 117 Å². The normalized spacial score (nSPS) is 21.2. The molecule has 0 spiro atoms. The van der Waals surface area contributed by atoms with Crippen molar-refractivity contribution in [2.75, 3.05) is 64.7 Å². The number of piperazine rings is 1. The van der Waals surface area contributed by atoms with Gasteiger partial charge in [-0.15, -0.1) is 0 Å². The first-order valence-corrected chi connectivity index (χ1v) is 16.7. The van der Waals surface area contributed by atoms with Crippen LogP contribution in [-0.4, -0.2) is 130 Å². The average Bonchev–Trinajstić information content (AvgIpc) is 3.56. The molecular weight excluding hydrogens is 584 g/mol. The Kier molecular flexibility index (Phi) is 8.81. The smallest absolute Gasteiger partial charge is 0.410 e. The zero-order valence-electron chi connectivity index (χ0n) is 26.6. The summed E-state index contributed by atoms with van der Waals surface area (Å²) in [5.41, 5.74) is 3.78. The number of piperidine rings is 2. The number of ether oxygens (including phenoxy) is 1. The molecule has 244 valence electrons. The first kappa shape index (κ1) is 30.5. The number of nitrogens with one attached hydrogen (secondary N) is 2. The van der Waals surface area contributed by atoms with Crippen LogP contribution in [-0.2, 0) is 22.5 Å². The Morgan fingerprint density at radius 3 is 2.43 bits per heavy atom. The number of likely N-dealkylation sites (tertiary alicyclic amines) is 2. The predicted octanol–water partition coefficient (Wildman–Crippen LogP) is 3.36. The van der Waals surface area contributed by atoms with Crippen molar-refractivity contribution < 1.29 is 19.1 Å². The summed E-state index contributed by atoms with van der Waals surface area (Å²) in [4.78, 5) is 50.7. The van der Waals surface area contributed by atoms with Crippen molar-refractivity contribution in [1.82, 2.24) is 34.7 Å². The van der Waals surface area contributed by atoms with Crippen molar-refractivity contribution >= 4 is 34.6 Å². The van der Waals surface area contributed by atoms with Gasteiger partial charge in [0, 0.05) is 75.4 Å². The van der Waals surface area contributed by atoms with Gasteiger partial charge in [-0.3, -0.25) is 14.8 Å². The molecule has 7 rings (SSSR count). The lowest BCUT2D eigenvalue weighted by Crippen LogP contribution is -2.56. The van der Waals surface area contributed by atoms with Gasteiger partial charge < -0.3 is 29.7 Å². The van der Waals surface area contributed by atoms with E-state index in [0.717, 1.165) is 66.7 Å². The maximum atomic E-state index is 14.0. The summed E-state index contributed by atoms with van der Waals surface area (Å²) in [7, 11) is 2.17. The van der Waals surface area contributed by atoms with Gasteiger partial charge in [-0.2, -0.15) is 5.10 Å². The van der Waals surface area contributed by atoms with Crippen LogP contribution < -0.4 is 5.32 Å². The number of hydrogen-bond donors (Lipinski definition) is 2. The summed E-state index contributed by atoms with van der Waals surface area (Å²) in [6, 6.07) is 14.2.